The highest BCUT2D eigenvalue weighted by Crippen LogP contribution is 2.31. The molecule has 128 valence electrons. The third kappa shape index (κ3) is 4.12. The van der Waals surface area contributed by atoms with E-state index < -0.39 is 17.9 Å². The van der Waals surface area contributed by atoms with Gasteiger partial charge in [-0.25, -0.2) is 9.59 Å². The first-order valence-corrected chi connectivity index (χ1v) is 8.12. The fourth-order valence-electron chi connectivity index (χ4n) is 2.72. The van der Waals surface area contributed by atoms with E-state index in [1.54, 1.807) is 48.5 Å². The molecular formula is C20H18O5. The monoisotopic (exact) mass is 338 g/mol. The number of carbonyl (C=O) groups is 3. The Morgan fingerprint density at radius 2 is 1.28 bits per heavy atom. The molecule has 0 unspecified atom stereocenters. The minimum atomic E-state index is -0.458. The van der Waals surface area contributed by atoms with Gasteiger partial charge < -0.3 is 9.47 Å². The lowest BCUT2D eigenvalue weighted by atomic mass is 9.73. The number of esters is 2. The Labute approximate surface area is 145 Å². The summed E-state index contributed by atoms with van der Waals surface area (Å²) in [5.41, 5.74) is 0.918. The van der Waals surface area contributed by atoms with E-state index in [1.807, 2.05) is 12.1 Å². The van der Waals surface area contributed by atoms with Gasteiger partial charge in [-0.2, -0.15) is 0 Å². The summed E-state index contributed by atoms with van der Waals surface area (Å²) in [6.45, 7) is 0.160. The van der Waals surface area contributed by atoms with Crippen LogP contribution < -0.4 is 0 Å². The van der Waals surface area contributed by atoms with Gasteiger partial charge in [-0.3, -0.25) is 4.79 Å². The zero-order valence-electron chi connectivity index (χ0n) is 13.6. The van der Waals surface area contributed by atoms with Crippen LogP contribution in [0.3, 0.4) is 0 Å². The molecule has 25 heavy (non-hydrogen) atoms. The van der Waals surface area contributed by atoms with Crippen LogP contribution in [-0.2, 0) is 14.3 Å². The van der Waals surface area contributed by atoms with Crippen molar-refractivity contribution in [1.82, 2.24) is 0 Å². The van der Waals surface area contributed by atoms with Crippen molar-refractivity contribution in [3.63, 3.8) is 0 Å². The highest BCUT2D eigenvalue weighted by atomic mass is 16.5. The standard InChI is InChI=1S/C20H18O5/c21-18-11-16(12-24-19(22)14-7-3-1-4-8-14)17(18)13-25-20(23)15-9-5-2-6-10-15/h1-10,16-17H,11-13H2/t16-,17-/m1/s1. The molecule has 0 amide bonds. The number of ether oxygens (including phenoxy) is 2. The maximum atomic E-state index is 11.9. The lowest BCUT2D eigenvalue weighted by molar-refractivity contribution is -0.138. The number of hydrogen-bond donors (Lipinski definition) is 0. The van der Waals surface area contributed by atoms with Crippen LogP contribution in [-0.4, -0.2) is 30.9 Å². The molecule has 1 fully saturated rings. The fraction of sp³-hybridized carbons (Fsp3) is 0.250. The molecular weight excluding hydrogens is 320 g/mol. The number of hydrogen-bond acceptors (Lipinski definition) is 5. The predicted octanol–water partition coefficient (Wildman–Crippen LogP) is 2.91. The number of carbonyl (C=O) groups excluding carboxylic acids is 3. The van der Waals surface area contributed by atoms with Gasteiger partial charge in [0.1, 0.15) is 12.4 Å². The van der Waals surface area contributed by atoms with Crippen molar-refractivity contribution in [3.8, 4) is 0 Å². The number of Topliss-reactive ketones (excluding diaryl/α,β-unsaturated/α-hetero) is 1. The minimum absolute atomic E-state index is 0.0140. The average molecular weight is 338 g/mol. The quantitative estimate of drug-likeness (QED) is 0.758. The highest BCUT2D eigenvalue weighted by molar-refractivity contribution is 5.91. The van der Waals surface area contributed by atoms with Gasteiger partial charge in [0.25, 0.3) is 0 Å². The average Bonchev–Trinajstić information content (AvgIpc) is 2.66. The fourth-order valence-corrected chi connectivity index (χ4v) is 2.72. The maximum absolute atomic E-state index is 11.9. The summed E-state index contributed by atoms with van der Waals surface area (Å²) in [6, 6.07) is 17.3. The predicted molar refractivity (Wildman–Crippen MR) is 90.1 cm³/mol. The zero-order valence-corrected chi connectivity index (χ0v) is 13.6. The van der Waals surface area contributed by atoms with Gasteiger partial charge in [-0.15, -0.1) is 0 Å². The third-order valence-corrected chi connectivity index (χ3v) is 4.29. The van der Waals surface area contributed by atoms with Crippen molar-refractivity contribution in [2.45, 2.75) is 6.42 Å². The van der Waals surface area contributed by atoms with E-state index in [1.165, 1.54) is 0 Å². The Bertz CT molecular complexity index is 754. The van der Waals surface area contributed by atoms with Crippen molar-refractivity contribution in [1.29, 1.82) is 0 Å². The molecule has 3 rings (SSSR count). The summed E-state index contributed by atoms with van der Waals surface area (Å²) in [6.07, 6.45) is 0.343. The van der Waals surface area contributed by atoms with Crippen LogP contribution in [0.4, 0.5) is 0 Å². The van der Waals surface area contributed by atoms with Gasteiger partial charge in [0, 0.05) is 12.3 Å². The second-order valence-electron chi connectivity index (χ2n) is 5.97. The molecule has 0 aliphatic heterocycles. The molecule has 0 heterocycles. The van der Waals surface area contributed by atoms with Crippen LogP contribution in [0.2, 0.25) is 0 Å². The molecule has 0 aromatic heterocycles. The van der Waals surface area contributed by atoms with E-state index in [-0.39, 0.29) is 24.9 Å². The Kier molecular flexibility index (Phi) is 5.23. The summed E-state index contributed by atoms with van der Waals surface area (Å²) >= 11 is 0. The minimum Gasteiger partial charge on any atom is -0.462 e. The molecule has 1 aliphatic carbocycles. The van der Waals surface area contributed by atoms with Crippen LogP contribution in [0.5, 0.6) is 0 Å². The van der Waals surface area contributed by atoms with Gasteiger partial charge in [-0.05, 0) is 24.3 Å². The van der Waals surface area contributed by atoms with Gasteiger partial charge in [-0.1, -0.05) is 36.4 Å². The van der Waals surface area contributed by atoms with Crippen LogP contribution in [0.1, 0.15) is 27.1 Å². The second-order valence-corrected chi connectivity index (χ2v) is 5.97. The van der Waals surface area contributed by atoms with Crippen molar-refractivity contribution in [3.05, 3.63) is 71.8 Å². The smallest absolute Gasteiger partial charge is 0.338 e. The third-order valence-electron chi connectivity index (χ3n) is 4.29. The van der Waals surface area contributed by atoms with E-state index in [9.17, 15) is 14.4 Å². The molecule has 5 heteroatoms. The largest absolute Gasteiger partial charge is 0.462 e. The molecule has 2 atom stereocenters. The molecule has 0 spiro atoms. The normalized spacial score (nSPS) is 19.0. The number of benzene rings is 2. The van der Waals surface area contributed by atoms with E-state index in [4.69, 9.17) is 9.47 Å². The van der Waals surface area contributed by atoms with Gasteiger partial charge >= 0.3 is 11.9 Å². The first-order valence-electron chi connectivity index (χ1n) is 8.12. The summed E-state index contributed by atoms with van der Waals surface area (Å²) < 4.78 is 10.5. The van der Waals surface area contributed by atoms with Crippen molar-refractivity contribution in [2.75, 3.05) is 13.2 Å². The van der Waals surface area contributed by atoms with Gasteiger partial charge in [0.15, 0.2) is 0 Å². The van der Waals surface area contributed by atoms with Crippen LogP contribution in [0, 0.1) is 11.8 Å². The first-order chi connectivity index (χ1) is 12.1. The maximum Gasteiger partial charge on any atom is 0.338 e. The van der Waals surface area contributed by atoms with Crippen molar-refractivity contribution in [2.24, 2.45) is 11.8 Å². The lowest BCUT2D eigenvalue weighted by Gasteiger charge is -2.33. The van der Waals surface area contributed by atoms with Crippen LogP contribution in [0.15, 0.2) is 60.7 Å². The Morgan fingerprint density at radius 3 is 1.76 bits per heavy atom. The number of ketones is 1. The Balaban J connectivity index is 1.48. The van der Waals surface area contributed by atoms with Crippen molar-refractivity contribution >= 4 is 17.7 Å². The molecule has 1 aliphatic rings. The highest BCUT2D eigenvalue weighted by Gasteiger charge is 2.41. The zero-order chi connectivity index (χ0) is 17.6. The molecule has 0 bridgehead atoms. The Hall–Kier alpha value is -2.95. The van der Waals surface area contributed by atoms with Crippen molar-refractivity contribution < 1.29 is 23.9 Å². The first kappa shape index (κ1) is 16.9. The molecule has 2 aromatic carbocycles. The Morgan fingerprint density at radius 1 is 0.800 bits per heavy atom. The van der Waals surface area contributed by atoms with Gasteiger partial charge in [0.05, 0.1) is 23.7 Å². The SMILES string of the molecule is O=C(OC[C@H]1CC(=O)[C@@H]1COC(=O)c1ccccc1)c1ccccc1. The summed E-state index contributed by atoms with van der Waals surface area (Å²) in [7, 11) is 0. The summed E-state index contributed by atoms with van der Waals surface area (Å²) in [5.74, 6) is -1.36. The van der Waals surface area contributed by atoms with E-state index in [0.29, 0.717) is 17.5 Å². The topological polar surface area (TPSA) is 69.7 Å². The van der Waals surface area contributed by atoms with Gasteiger partial charge in [0.2, 0.25) is 0 Å². The summed E-state index contributed by atoms with van der Waals surface area (Å²) in [5, 5.41) is 0. The van der Waals surface area contributed by atoms with Crippen LogP contribution >= 0.6 is 0 Å². The van der Waals surface area contributed by atoms with E-state index in [2.05, 4.69) is 0 Å². The lowest BCUT2D eigenvalue weighted by Crippen LogP contribution is -2.43. The molecule has 0 N–H and O–H groups in total. The summed E-state index contributed by atoms with van der Waals surface area (Å²) in [4.78, 5) is 35.6. The molecule has 1 saturated carbocycles. The van der Waals surface area contributed by atoms with Crippen LogP contribution in [0.25, 0.3) is 0 Å². The second kappa shape index (κ2) is 7.75. The number of rotatable bonds is 6. The molecule has 2 aromatic rings. The van der Waals surface area contributed by atoms with E-state index in [0.717, 1.165) is 0 Å². The molecule has 0 saturated heterocycles. The molecule has 5 nitrogen and oxygen atoms in total. The van der Waals surface area contributed by atoms with E-state index >= 15 is 0 Å². The molecule has 0 radical (unpaired) electrons.